The summed E-state index contributed by atoms with van der Waals surface area (Å²) in [6, 6.07) is 0.422. The van der Waals surface area contributed by atoms with Crippen LogP contribution in [0.2, 0.25) is 0 Å². The zero-order valence-corrected chi connectivity index (χ0v) is 14.3. The zero-order chi connectivity index (χ0) is 16.9. The molecule has 25 heavy (non-hydrogen) atoms. The molecule has 0 radical (unpaired) electrons. The first-order valence-corrected chi connectivity index (χ1v) is 9.02. The number of nitrogens with one attached hydrogen (secondary N) is 2. The van der Waals surface area contributed by atoms with Gasteiger partial charge in [0, 0.05) is 49.5 Å². The molecular formula is C18H24N6O. The quantitative estimate of drug-likeness (QED) is 0.845. The maximum absolute atomic E-state index is 6.04. The molecule has 2 saturated heterocycles. The highest BCUT2D eigenvalue weighted by Gasteiger charge is 2.34. The predicted octanol–water partition coefficient (Wildman–Crippen LogP) is 1.18. The Kier molecular flexibility index (Phi) is 5.25. The van der Waals surface area contributed by atoms with Crippen LogP contribution in [0, 0.1) is 5.92 Å². The van der Waals surface area contributed by atoms with Crippen molar-refractivity contribution in [3.63, 3.8) is 0 Å². The molecule has 7 heteroatoms. The SMILES string of the molecule is c1ncc(-c2ncc(CN[C@@H]3CCO[C@H]3C3CCNCC3)cn2)cn1. The van der Waals surface area contributed by atoms with Crippen LogP contribution >= 0.6 is 0 Å². The summed E-state index contributed by atoms with van der Waals surface area (Å²) in [5, 5.41) is 7.08. The molecule has 0 spiro atoms. The van der Waals surface area contributed by atoms with Gasteiger partial charge in [-0.25, -0.2) is 19.9 Å². The molecule has 7 nitrogen and oxygen atoms in total. The average molecular weight is 340 g/mol. The van der Waals surface area contributed by atoms with Crippen molar-refractivity contribution in [3.8, 4) is 11.4 Å². The molecule has 2 aromatic heterocycles. The standard InChI is InChI=1S/C18H24N6O/c1-4-19-5-2-14(1)17-16(3-6-25-17)22-7-13-8-23-18(24-9-13)15-10-20-12-21-11-15/h8-12,14,16-17,19,22H,1-7H2/t16-,17+/m1/s1. The zero-order valence-electron chi connectivity index (χ0n) is 14.3. The van der Waals surface area contributed by atoms with Crippen LogP contribution in [0.3, 0.4) is 0 Å². The van der Waals surface area contributed by atoms with E-state index in [1.807, 2.05) is 12.4 Å². The second-order valence-corrected chi connectivity index (χ2v) is 6.74. The average Bonchev–Trinajstić information content (AvgIpc) is 3.17. The van der Waals surface area contributed by atoms with Gasteiger partial charge in [-0.05, 0) is 38.3 Å². The van der Waals surface area contributed by atoms with Gasteiger partial charge in [-0.3, -0.25) is 0 Å². The van der Waals surface area contributed by atoms with Crippen molar-refractivity contribution < 1.29 is 4.74 Å². The van der Waals surface area contributed by atoms with Gasteiger partial charge >= 0.3 is 0 Å². The van der Waals surface area contributed by atoms with Gasteiger partial charge < -0.3 is 15.4 Å². The van der Waals surface area contributed by atoms with Gasteiger partial charge in [-0.1, -0.05) is 0 Å². The molecule has 0 saturated carbocycles. The molecule has 2 N–H and O–H groups in total. The lowest BCUT2D eigenvalue weighted by Crippen LogP contribution is -2.44. The number of rotatable bonds is 5. The number of hydrogen-bond acceptors (Lipinski definition) is 7. The maximum atomic E-state index is 6.04. The van der Waals surface area contributed by atoms with E-state index in [0.29, 0.717) is 23.9 Å². The Morgan fingerprint density at radius 1 is 1.04 bits per heavy atom. The monoisotopic (exact) mass is 340 g/mol. The minimum atomic E-state index is 0.337. The molecular weight excluding hydrogens is 316 g/mol. The van der Waals surface area contributed by atoms with Crippen LogP contribution in [-0.4, -0.2) is 51.8 Å². The number of ether oxygens (including phenoxy) is 1. The molecule has 2 aliphatic rings. The van der Waals surface area contributed by atoms with Crippen LogP contribution in [0.15, 0.2) is 31.1 Å². The molecule has 132 valence electrons. The van der Waals surface area contributed by atoms with Gasteiger partial charge in [0.15, 0.2) is 5.82 Å². The largest absolute Gasteiger partial charge is 0.376 e. The molecule has 0 aromatic carbocycles. The first-order chi connectivity index (χ1) is 12.4. The van der Waals surface area contributed by atoms with Crippen LogP contribution < -0.4 is 10.6 Å². The molecule has 2 aliphatic heterocycles. The number of hydrogen-bond donors (Lipinski definition) is 2. The molecule has 2 atom stereocenters. The lowest BCUT2D eigenvalue weighted by molar-refractivity contribution is 0.0378. The smallest absolute Gasteiger partial charge is 0.162 e. The summed E-state index contributed by atoms with van der Waals surface area (Å²) in [6.07, 6.45) is 12.5. The van der Waals surface area contributed by atoms with E-state index in [0.717, 1.165) is 43.8 Å². The van der Waals surface area contributed by atoms with Crippen molar-refractivity contribution in [1.82, 2.24) is 30.6 Å². The molecule has 4 rings (SSSR count). The van der Waals surface area contributed by atoms with Crippen LogP contribution in [0.5, 0.6) is 0 Å². The normalized spacial score (nSPS) is 24.5. The Balaban J connectivity index is 1.34. The summed E-state index contributed by atoms with van der Waals surface area (Å²) in [5.41, 5.74) is 1.91. The highest BCUT2D eigenvalue weighted by atomic mass is 16.5. The summed E-state index contributed by atoms with van der Waals surface area (Å²) in [6.45, 7) is 3.84. The Morgan fingerprint density at radius 3 is 2.56 bits per heavy atom. The number of piperidine rings is 1. The van der Waals surface area contributed by atoms with E-state index in [9.17, 15) is 0 Å². The Morgan fingerprint density at radius 2 is 1.80 bits per heavy atom. The highest BCUT2D eigenvalue weighted by molar-refractivity contribution is 5.50. The van der Waals surface area contributed by atoms with Crippen molar-refractivity contribution in [3.05, 3.63) is 36.7 Å². The first kappa shape index (κ1) is 16.5. The Bertz CT molecular complexity index is 659. The number of nitrogens with zero attached hydrogens (tertiary/aromatic N) is 4. The van der Waals surface area contributed by atoms with Gasteiger partial charge in [0.25, 0.3) is 0 Å². The van der Waals surface area contributed by atoms with Gasteiger partial charge in [0.05, 0.1) is 11.7 Å². The van der Waals surface area contributed by atoms with E-state index in [2.05, 4.69) is 30.6 Å². The van der Waals surface area contributed by atoms with Crippen molar-refractivity contribution in [2.24, 2.45) is 5.92 Å². The van der Waals surface area contributed by atoms with Crippen molar-refractivity contribution >= 4 is 0 Å². The van der Waals surface area contributed by atoms with E-state index in [1.54, 1.807) is 12.4 Å². The summed E-state index contributed by atoms with van der Waals surface area (Å²) < 4.78 is 6.04. The van der Waals surface area contributed by atoms with E-state index >= 15 is 0 Å². The van der Waals surface area contributed by atoms with Crippen LogP contribution in [0.4, 0.5) is 0 Å². The van der Waals surface area contributed by atoms with Crippen LogP contribution in [-0.2, 0) is 11.3 Å². The molecule has 0 amide bonds. The van der Waals surface area contributed by atoms with Crippen molar-refractivity contribution in [1.29, 1.82) is 0 Å². The van der Waals surface area contributed by atoms with Gasteiger partial charge in [0.2, 0.25) is 0 Å². The van der Waals surface area contributed by atoms with E-state index in [-0.39, 0.29) is 0 Å². The summed E-state index contributed by atoms with van der Waals surface area (Å²) in [7, 11) is 0. The Hall–Kier alpha value is -1.96. The third kappa shape index (κ3) is 4.00. The lowest BCUT2D eigenvalue weighted by atomic mass is 9.88. The van der Waals surface area contributed by atoms with E-state index in [1.165, 1.54) is 19.2 Å². The Labute approximate surface area is 147 Å². The molecule has 4 heterocycles. The fraction of sp³-hybridized carbons (Fsp3) is 0.556. The second kappa shape index (κ2) is 7.95. The second-order valence-electron chi connectivity index (χ2n) is 6.74. The molecule has 2 aromatic rings. The summed E-state index contributed by atoms with van der Waals surface area (Å²) >= 11 is 0. The van der Waals surface area contributed by atoms with Crippen molar-refractivity contribution in [2.75, 3.05) is 19.7 Å². The maximum Gasteiger partial charge on any atom is 0.162 e. The van der Waals surface area contributed by atoms with Crippen LogP contribution in [0.25, 0.3) is 11.4 Å². The van der Waals surface area contributed by atoms with Gasteiger partial charge in [-0.2, -0.15) is 0 Å². The number of aromatic nitrogens is 4. The molecule has 0 aliphatic carbocycles. The molecule has 0 bridgehead atoms. The van der Waals surface area contributed by atoms with E-state index in [4.69, 9.17) is 4.74 Å². The summed E-state index contributed by atoms with van der Waals surface area (Å²) in [5.74, 6) is 1.32. The van der Waals surface area contributed by atoms with Gasteiger partial charge in [0.1, 0.15) is 6.33 Å². The molecule has 0 unspecified atom stereocenters. The fourth-order valence-electron chi connectivity index (χ4n) is 3.73. The van der Waals surface area contributed by atoms with Gasteiger partial charge in [-0.15, -0.1) is 0 Å². The summed E-state index contributed by atoms with van der Waals surface area (Å²) in [4.78, 5) is 16.9. The third-order valence-corrected chi connectivity index (χ3v) is 5.08. The van der Waals surface area contributed by atoms with Crippen LogP contribution in [0.1, 0.15) is 24.8 Å². The third-order valence-electron chi connectivity index (χ3n) is 5.08. The first-order valence-electron chi connectivity index (χ1n) is 9.02. The topological polar surface area (TPSA) is 84.9 Å². The minimum absolute atomic E-state index is 0.337. The highest BCUT2D eigenvalue weighted by Crippen LogP contribution is 2.27. The fourth-order valence-corrected chi connectivity index (χ4v) is 3.73. The minimum Gasteiger partial charge on any atom is -0.376 e. The lowest BCUT2D eigenvalue weighted by Gasteiger charge is -2.31. The molecule has 2 fully saturated rings. The van der Waals surface area contributed by atoms with Crippen molar-refractivity contribution in [2.45, 2.75) is 38.0 Å². The van der Waals surface area contributed by atoms with E-state index < -0.39 is 0 Å². The predicted molar refractivity (Wildman–Crippen MR) is 93.6 cm³/mol.